The van der Waals surface area contributed by atoms with Crippen LogP contribution in [0.1, 0.15) is 11.3 Å². The highest BCUT2D eigenvalue weighted by atomic mass is 35.5. The van der Waals surface area contributed by atoms with E-state index in [1.165, 1.54) is 0 Å². The molecule has 4 nitrogen and oxygen atoms in total. The van der Waals surface area contributed by atoms with E-state index in [-0.39, 0.29) is 0 Å². The third-order valence-electron chi connectivity index (χ3n) is 2.53. The van der Waals surface area contributed by atoms with Gasteiger partial charge in [0.25, 0.3) is 0 Å². The van der Waals surface area contributed by atoms with Crippen molar-refractivity contribution >= 4 is 11.6 Å². The van der Waals surface area contributed by atoms with Crippen LogP contribution in [-0.4, -0.2) is 23.2 Å². The van der Waals surface area contributed by atoms with E-state index in [1.807, 2.05) is 37.3 Å². The number of para-hydroxylation sites is 1. The van der Waals surface area contributed by atoms with Gasteiger partial charge < -0.3 is 9.47 Å². The Bertz CT molecular complexity index is 520. The van der Waals surface area contributed by atoms with Crippen LogP contribution in [0.5, 0.6) is 11.8 Å². The Hall–Kier alpha value is -1.81. The maximum Gasteiger partial charge on any atom is 0.316 e. The van der Waals surface area contributed by atoms with Crippen molar-refractivity contribution in [3.8, 4) is 11.8 Å². The number of aromatic nitrogens is 2. The summed E-state index contributed by atoms with van der Waals surface area (Å²) in [5.74, 6) is 1.23. The molecule has 0 amide bonds. The third-order valence-corrected chi connectivity index (χ3v) is 2.82. The van der Waals surface area contributed by atoms with Gasteiger partial charge in [0.15, 0.2) is 0 Å². The van der Waals surface area contributed by atoms with Crippen molar-refractivity contribution in [3.63, 3.8) is 0 Å². The molecule has 1 heterocycles. The molecule has 1 aromatic heterocycles. The minimum Gasteiger partial charge on any atom is -0.490 e. The first kappa shape index (κ1) is 13.6. The summed E-state index contributed by atoms with van der Waals surface area (Å²) in [6.07, 6.45) is 1.68. The predicted octanol–water partition coefficient (Wildman–Crippen LogP) is 2.98. The van der Waals surface area contributed by atoms with Crippen LogP contribution >= 0.6 is 11.6 Å². The molecule has 19 heavy (non-hydrogen) atoms. The topological polar surface area (TPSA) is 44.2 Å². The molecule has 0 fully saturated rings. The summed E-state index contributed by atoms with van der Waals surface area (Å²) in [6, 6.07) is 9.94. The first-order valence-corrected chi connectivity index (χ1v) is 6.52. The number of alkyl halides is 1. The molecule has 0 unspecified atom stereocenters. The summed E-state index contributed by atoms with van der Waals surface area (Å²) >= 11 is 5.74. The van der Waals surface area contributed by atoms with Gasteiger partial charge in [0.2, 0.25) is 0 Å². The quantitative estimate of drug-likeness (QED) is 0.602. The van der Waals surface area contributed by atoms with Crippen LogP contribution in [0.4, 0.5) is 0 Å². The van der Waals surface area contributed by atoms with Gasteiger partial charge in [-0.25, -0.2) is 9.97 Å². The smallest absolute Gasteiger partial charge is 0.316 e. The summed E-state index contributed by atoms with van der Waals surface area (Å²) < 4.78 is 10.9. The number of halogens is 1. The standard InChI is InChI=1S/C14H15ClN2O2/c1-11-12(9-15)10-16-14(17-11)19-8-7-18-13-5-3-2-4-6-13/h2-6,10H,7-9H2,1H3. The molecule has 5 heteroatoms. The fraction of sp³-hybridized carbons (Fsp3) is 0.286. The molecular formula is C14H15ClN2O2. The summed E-state index contributed by atoms with van der Waals surface area (Å²) in [5, 5.41) is 0. The van der Waals surface area contributed by atoms with Gasteiger partial charge in [-0.3, -0.25) is 0 Å². The van der Waals surface area contributed by atoms with Crippen molar-refractivity contribution in [3.05, 3.63) is 47.8 Å². The second-order valence-electron chi connectivity index (χ2n) is 3.91. The molecule has 0 spiro atoms. The van der Waals surface area contributed by atoms with Crippen LogP contribution in [0.15, 0.2) is 36.5 Å². The fourth-order valence-electron chi connectivity index (χ4n) is 1.48. The van der Waals surface area contributed by atoms with Crippen molar-refractivity contribution in [1.29, 1.82) is 0 Å². The lowest BCUT2D eigenvalue weighted by Gasteiger charge is -2.08. The molecule has 1 aromatic carbocycles. The molecule has 0 saturated heterocycles. The average molecular weight is 279 g/mol. The van der Waals surface area contributed by atoms with Gasteiger partial charge in [-0.05, 0) is 19.1 Å². The van der Waals surface area contributed by atoms with E-state index < -0.39 is 0 Å². The van der Waals surface area contributed by atoms with Gasteiger partial charge in [-0.2, -0.15) is 0 Å². The molecule has 0 bridgehead atoms. The Labute approximate surface area is 117 Å². The molecular weight excluding hydrogens is 264 g/mol. The molecule has 100 valence electrons. The van der Waals surface area contributed by atoms with Gasteiger partial charge in [-0.1, -0.05) is 18.2 Å². The zero-order chi connectivity index (χ0) is 13.5. The SMILES string of the molecule is Cc1nc(OCCOc2ccccc2)ncc1CCl. The van der Waals surface area contributed by atoms with Crippen molar-refractivity contribution in [2.45, 2.75) is 12.8 Å². The molecule has 2 rings (SSSR count). The Morgan fingerprint density at radius 3 is 2.53 bits per heavy atom. The maximum atomic E-state index is 5.74. The fourth-order valence-corrected chi connectivity index (χ4v) is 1.74. The van der Waals surface area contributed by atoms with E-state index in [0.29, 0.717) is 25.1 Å². The minimum absolute atomic E-state index is 0.350. The number of aryl methyl sites for hydroxylation is 1. The second-order valence-corrected chi connectivity index (χ2v) is 4.17. The Kier molecular flexibility index (Phi) is 4.98. The number of benzene rings is 1. The molecule has 0 N–H and O–H groups in total. The molecule has 0 atom stereocenters. The lowest BCUT2D eigenvalue weighted by molar-refractivity contribution is 0.205. The largest absolute Gasteiger partial charge is 0.490 e. The lowest BCUT2D eigenvalue weighted by Crippen LogP contribution is -2.11. The Balaban J connectivity index is 1.78. The Morgan fingerprint density at radius 2 is 1.84 bits per heavy atom. The monoisotopic (exact) mass is 278 g/mol. The zero-order valence-corrected chi connectivity index (χ0v) is 11.4. The van der Waals surface area contributed by atoms with Crippen LogP contribution in [0.2, 0.25) is 0 Å². The second kappa shape index (κ2) is 6.95. The van der Waals surface area contributed by atoms with Crippen molar-refractivity contribution in [2.75, 3.05) is 13.2 Å². The molecule has 2 aromatic rings. The third kappa shape index (κ3) is 4.10. The molecule has 0 saturated carbocycles. The number of nitrogens with zero attached hydrogens (tertiary/aromatic N) is 2. The normalized spacial score (nSPS) is 10.2. The van der Waals surface area contributed by atoms with Crippen molar-refractivity contribution < 1.29 is 9.47 Å². The number of rotatable bonds is 6. The van der Waals surface area contributed by atoms with Crippen LogP contribution < -0.4 is 9.47 Å². The van der Waals surface area contributed by atoms with E-state index in [9.17, 15) is 0 Å². The minimum atomic E-state index is 0.350. The molecule has 0 aliphatic rings. The lowest BCUT2D eigenvalue weighted by atomic mass is 10.3. The highest BCUT2D eigenvalue weighted by Gasteiger charge is 2.03. The first-order chi connectivity index (χ1) is 9.29. The van der Waals surface area contributed by atoms with Gasteiger partial charge in [0, 0.05) is 17.5 Å². The van der Waals surface area contributed by atoms with Crippen LogP contribution in [0.25, 0.3) is 0 Å². The molecule has 0 aliphatic heterocycles. The van der Waals surface area contributed by atoms with E-state index in [0.717, 1.165) is 17.0 Å². The van der Waals surface area contributed by atoms with E-state index in [2.05, 4.69) is 9.97 Å². The summed E-state index contributed by atoms with van der Waals surface area (Å²) in [7, 11) is 0. The van der Waals surface area contributed by atoms with Gasteiger partial charge >= 0.3 is 6.01 Å². The Morgan fingerprint density at radius 1 is 1.11 bits per heavy atom. The van der Waals surface area contributed by atoms with Gasteiger partial charge in [0.1, 0.15) is 19.0 Å². The summed E-state index contributed by atoms with van der Waals surface area (Å²) in [6.45, 7) is 2.73. The van der Waals surface area contributed by atoms with Gasteiger partial charge in [0.05, 0.1) is 5.88 Å². The number of hydrogen-bond donors (Lipinski definition) is 0. The average Bonchev–Trinajstić information content (AvgIpc) is 2.45. The van der Waals surface area contributed by atoms with Crippen LogP contribution in [0, 0.1) is 6.92 Å². The van der Waals surface area contributed by atoms with Crippen LogP contribution in [0.3, 0.4) is 0 Å². The van der Waals surface area contributed by atoms with Gasteiger partial charge in [-0.15, -0.1) is 11.6 Å². The molecule has 0 aliphatic carbocycles. The van der Waals surface area contributed by atoms with Crippen LogP contribution in [-0.2, 0) is 5.88 Å². The van der Waals surface area contributed by atoms with E-state index >= 15 is 0 Å². The van der Waals surface area contributed by atoms with E-state index in [4.69, 9.17) is 21.1 Å². The maximum absolute atomic E-state index is 5.74. The number of ether oxygens (including phenoxy) is 2. The number of hydrogen-bond acceptors (Lipinski definition) is 4. The van der Waals surface area contributed by atoms with Crippen molar-refractivity contribution in [1.82, 2.24) is 9.97 Å². The predicted molar refractivity (Wildman–Crippen MR) is 73.8 cm³/mol. The summed E-state index contributed by atoms with van der Waals surface area (Å²) in [4.78, 5) is 8.30. The molecule has 0 radical (unpaired) electrons. The zero-order valence-electron chi connectivity index (χ0n) is 10.7. The highest BCUT2D eigenvalue weighted by Crippen LogP contribution is 2.11. The van der Waals surface area contributed by atoms with Crippen molar-refractivity contribution in [2.24, 2.45) is 0 Å². The van der Waals surface area contributed by atoms with E-state index in [1.54, 1.807) is 6.20 Å². The first-order valence-electron chi connectivity index (χ1n) is 5.98. The summed E-state index contributed by atoms with van der Waals surface area (Å²) in [5.41, 5.74) is 1.75. The highest BCUT2D eigenvalue weighted by molar-refractivity contribution is 6.17.